The highest BCUT2D eigenvalue weighted by Gasteiger charge is 2.23. The van der Waals surface area contributed by atoms with Crippen LogP contribution in [0.15, 0.2) is 48.5 Å². The molecule has 0 heterocycles. The molecule has 0 saturated heterocycles. The van der Waals surface area contributed by atoms with Gasteiger partial charge in [0.2, 0.25) is 0 Å². The van der Waals surface area contributed by atoms with Crippen molar-refractivity contribution >= 4 is 35.8 Å². The van der Waals surface area contributed by atoms with Crippen LogP contribution in [0.25, 0.3) is 0 Å². The van der Waals surface area contributed by atoms with Gasteiger partial charge in [-0.05, 0) is 41.8 Å². The first-order chi connectivity index (χ1) is 20.6. The van der Waals surface area contributed by atoms with E-state index in [0.29, 0.717) is 23.5 Å². The molecule has 0 aromatic heterocycles. The average Bonchev–Trinajstić information content (AvgIpc) is 3.03. The van der Waals surface area contributed by atoms with Gasteiger partial charge in [-0.2, -0.15) is 0 Å². The molecule has 14 nitrogen and oxygen atoms in total. The van der Waals surface area contributed by atoms with Crippen LogP contribution in [0.2, 0.25) is 0 Å². The molecule has 1 unspecified atom stereocenters. The van der Waals surface area contributed by atoms with E-state index in [1.807, 2.05) is 0 Å². The number of hydrogen-bond donors (Lipinski definition) is 1. The van der Waals surface area contributed by atoms with E-state index in [1.54, 1.807) is 48.5 Å². The highest BCUT2D eigenvalue weighted by molar-refractivity contribution is 5.86. The van der Waals surface area contributed by atoms with Crippen LogP contribution >= 0.6 is 0 Å². The van der Waals surface area contributed by atoms with E-state index in [0.717, 1.165) is 12.7 Å². The molecule has 1 amide bonds. The third-order valence-electron chi connectivity index (χ3n) is 5.61. The van der Waals surface area contributed by atoms with Crippen molar-refractivity contribution in [2.24, 2.45) is 0 Å². The van der Waals surface area contributed by atoms with E-state index in [-0.39, 0.29) is 26.1 Å². The molecule has 232 valence electrons. The molecule has 0 aliphatic rings. The lowest BCUT2D eigenvalue weighted by atomic mass is 10.1. The van der Waals surface area contributed by atoms with E-state index in [4.69, 9.17) is 23.7 Å². The van der Waals surface area contributed by atoms with Gasteiger partial charge >= 0.3 is 29.8 Å². The minimum Gasteiger partial charge on any atom is -0.482 e. The smallest absolute Gasteiger partial charge is 0.344 e. The summed E-state index contributed by atoms with van der Waals surface area (Å²) in [5.41, 5.74) is 1.44. The van der Waals surface area contributed by atoms with Crippen LogP contribution in [0.1, 0.15) is 17.5 Å². The van der Waals surface area contributed by atoms with Crippen molar-refractivity contribution in [2.45, 2.75) is 25.3 Å². The van der Waals surface area contributed by atoms with Crippen LogP contribution in [0, 0.1) is 0 Å². The number of ether oxygens (including phenoxy) is 7. The van der Waals surface area contributed by atoms with Gasteiger partial charge in [-0.1, -0.05) is 24.3 Å². The number of hydrogen-bond acceptors (Lipinski definition) is 13. The summed E-state index contributed by atoms with van der Waals surface area (Å²) in [5, 5.41) is 2.43. The molecule has 2 rings (SSSR count). The molecule has 0 saturated carbocycles. The molecule has 2 aromatic carbocycles. The second-order valence-corrected chi connectivity index (χ2v) is 8.69. The Morgan fingerprint density at radius 2 is 1.12 bits per heavy atom. The van der Waals surface area contributed by atoms with E-state index in [2.05, 4.69) is 14.8 Å². The maximum absolute atomic E-state index is 12.3. The van der Waals surface area contributed by atoms with Crippen LogP contribution in [0.4, 0.5) is 0 Å². The van der Waals surface area contributed by atoms with Gasteiger partial charge in [0, 0.05) is 12.8 Å². The fourth-order valence-electron chi connectivity index (χ4n) is 3.33. The number of benzene rings is 2. The molecule has 0 aliphatic carbocycles. The number of carbonyl (C=O) groups is 6. The number of amides is 1. The Balaban J connectivity index is 1.72. The molecular formula is C29H33NO13. The first kappa shape index (κ1) is 34.1. The molecular weight excluding hydrogens is 570 g/mol. The predicted octanol–water partition coefficient (Wildman–Crippen LogP) is 0.710. The fourth-order valence-corrected chi connectivity index (χ4v) is 3.33. The molecule has 1 N–H and O–H groups in total. The molecule has 0 fully saturated rings. The van der Waals surface area contributed by atoms with Crippen LogP contribution in [0.3, 0.4) is 0 Å². The summed E-state index contributed by atoms with van der Waals surface area (Å²) in [6.07, 6.45) is 0.367. The van der Waals surface area contributed by atoms with E-state index in [1.165, 1.54) is 14.2 Å². The molecule has 0 bridgehead atoms. The van der Waals surface area contributed by atoms with Gasteiger partial charge in [0.1, 0.15) is 17.5 Å². The summed E-state index contributed by atoms with van der Waals surface area (Å²) in [6.45, 7) is -1.90. The highest BCUT2D eigenvalue weighted by Crippen LogP contribution is 2.15. The standard InChI is InChI=1S/C29H33NO13/c1-37-26(33)16-40-21-9-4-19(5-10-21)8-13-25(32)43-18-28(35)42-15-24(31)30-23(29(36)39-3)14-20-6-11-22(12-7-20)41-17-27(34)38-2/h4-7,9-12,23H,8,13-18H2,1-3H3,(H,30,31). The zero-order valence-corrected chi connectivity index (χ0v) is 24.0. The average molecular weight is 604 g/mol. The Morgan fingerprint density at radius 3 is 1.63 bits per heavy atom. The molecule has 0 radical (unpaired) electrons. The lowest BCUT2D eigenvalue weighted by molar-refractivity contribution is -0.160. The lowest BCUT2D eigenvalue weighted by Gasteiger charge is -2.17. The summed E-state index contributed by atoms with van der Waals surface area (Å²) in [7, 11) is 3.66. The van der Waals surface area contributed by atoms with Gasteiger partial charge in [0.15, 0.2) is 26.4 Å². The van der Waals surface area contributed by atoms with Gasteiger partial charge in [0.25, 0.3) is 5.91 Å². The van der Waals surface area contributed by atoms with Gasteiger partial charge in [-0.3, -0.25) is 9.59 Å². The Kier molecular flexibility index (Phi) is 14.5. The minimum atomic E-state index is -1.08. The monoisotopic (exact) mass is 603 g/mol. The van der Waals surface area contributed by atoms with Crippen molar-refractivity contribution in [1.82, 2.24) is 5.32 Å². The van der Waals surface area contributed by atoms with Gasteiger partial charge in [-0.15, -0.1) is 0 Å². The molecule has 2 aromatic rings. The van der Waals surface area contributed by atoms with Crippen LogP contribution in [-0.4, -0.2) is 89.6 Å². The SMILES string of the molecule is COC(=O)COc1ccc(CCC(=O)OCC(=O)OCC(=O)NC(Cc2ccc(OCC(=O)OC)cc2)C(=O)OC)cc1. The quantitative estimate of drug-likeness (QED) is 0.198. The fraction of sp³-hybridized carbons (Fsp3) is 0.379. The number of aryl methyl sites for hydroxylation is 1. The third kappa shape index (κ3) is 13.4. The van der Waals surface area contributed by atoms with Crippen molar-refractivity contribution in [3.05, 3.63) is 59.7 Å². The van der Waals surface area contributed by atoms with Crippen molar-refractivity contribution in [3.63, 3.8) is 0 Å². The van der Waals surface area contributed by atoms with Gasteiger partial charge in [-0.25, -0.2) is 19.2 Å². The van der Waals surface area contributed by atoms with E-state index in [9.17, 15) is 28.8 Å². The number of carbonyl (C=O) groups excluding carboxylic acids is 6. The lowest BCUT2D eigenvalue weighted by Crippen LogP contribution is -2.44. The Hall–Kier alpha value is -5.14. The topological polar surface area (TPSA) is 179 Å². The highest BCUT2D eigenvalue weighted by atomic mass is 16.6. The van der Waals surface area contributed by atoms with Crippen LogP contribution < -0.4 is 14.8 Å². The summed E-state index contributed by atoms with van der Waals surface area (Å²) in [4.78, 5) is 70.8. The summed E-state index contributed by atoms with van der Waals surface area (Å²) in [6, 6.07) is 12.1. The van der Waals surface area contributed by atoms with E-state index >= 15 is 0 Å². The normalized spacial score (nSPS) is 10.9. The van der Waals surface area contributed by atoms with Crippen molar-refractivity contribution < 1.29 is 61.9 Å². The van der Waals surface area contributed by atoms with Crippen molar-refractivity contribution in [3.8, 4) is 11.5 Å². The largest absolute Gasteiger partial charge is 0.482 e. The van der Waals surface area contributed by atoms with Crippen molar-refractivity contribution in [2.75, 3.05) is 47.8 Å². The Morgan fingerprint density at radius 1 is 0.605 bits per heavy atom. The predicted molar refractivity (Wildman–Crippen MR) is 146 cm³/mol. The number of methoxy groups -OCH3 is 3. The molecule has 14 heteroatoms. The van der Waals surface area contributed by atoms with Gasteiger partial charge in [0.05, 0.1) is 21.3 Å². The third-order valence-corrected chi connectivity index (χ3v) is 5.61. The van der Waals surface area contributed by atoms with Crippen LogP contribution in [-0.2, 0) is 65.3 Å². The van der Waals surface area contributed by atoms with E-state index < -0.39 is 55.0 Å². The molecule has 43 heavy (non-hydrogen) atoms. The summed E-state index contributed by atoms with van der Waals surface area (Å²) >= 11 is 0. The molecule has 0 spiro atoms. The maximum atomic E-state index is 12.3. The first-order valence-electron chi connectivity index (χ1n) is 12.9. The second kappa shape index (κ2) is 18.3. The second-order valence-electron chi connectivity index (χ2n) is 8.69. The van der Waals surface area contributed by atoms with Gasteiger partial charge < -0.3 is 38.5 Å². The zero-order chi connectivity index (χ0) is 31.6. The number of nitrogens with one attached hydrogen (secondary N) is 1. The number of rotatable bonds is 17. The maximum Gasteiger partial charge on any atom is 0.344 e. The Bertz CT molecular complexity index is 1240. The minimum absolute atomic E-state index is 0.0185. The Labute approximate surface area is 247 Å². The molecule has 1 atom stereocenters. The zero-order valence-electron chi connectivity index (χ0n) is 24.0. The summed E-state index contributed by atoms with van der Waals surface area (Å²) < 4.78 is 34.0. The molecule has 0 aliphatic heterocycles. The number of esters is 5. The summed E-state index contributed by atoms with van der Waals surface area (Å²) in [5.74, 6) is -3.29. The van der Waals surface area contributed by atoms with Crippen molar-refractivity contribution in [1.29, 1.82) is 0 Å². The first-order valence-corrected chi connectivity index (χ1v) is 12.9. The van der Waals surface area contributed by atoms with Crippen LogP contribution in [0.5, 0.6) is 11.5 Å².